The highest BCUT2D eigenvalue weighted by atomic mass is 16.1. The third-order valence-corrected chi connectivity index (χ3v) is 7.24. The lowest BCUT2D eigenvalue weighted by molar-refractivity contribution is -0.124. The Hall–Kier alpha value is -3.19. The van der Waals surface area contributed by atoms with Crippen molar-refractivity contribution in [3.63, 3.8) is 0 Å². The van der Waals surface area contributed by atoms with Gasteiger partial charge in [-0.25, -0.2) is 0 Å². The summed E-state index contributed by atoms with van der Waals surface area (Å²) in [6.07, 6.45) is 1.70. The van der Waals surface area contributed by atoms with E-state index in [0.29, 0.717) is 6.54 Å². The van der Waals surface area contributed by atoms with Crippen LogP contribution in [0.2, 0.25) is 0 Å². The van der Waals surface area contributed by atoms with Gasteiger partial charge in [-0.3, -0.25) is 9.69 Å². The summed E-state index contributed by atoms with van der Waals surface area (Å²) < 4.78 is 4.59. The van der Waals surface area contributed by atoms with Crippen LogP contribution in [-0.4, -0.2) is 43.2 Å². The molecule has 34 heavy (non-hydrogen) atoms. The van der Waals surface area contributed by atoms with E-state index >= 15 is 0 Å². The highest BCUT2D eigenvalue weighted by Gasteiger charge is 2.20. The molecule has 0 saturated carbocycles. The lowest BCUT2D eigenvalue weighted by atomic mass is 10.1. The maximum absolute atomic E-state index is 12.2. The van der Waals surface area contributed by atoms with Crippen LogP contribution in [0.15, 0.2) is 42.5 Å². The Kier molecular flexibility index (Phi) is 6.37. The third kappa shape index (κ3) is 4.20. The van der Waals surface area contributed by atoms with Crippen molar-refractivity contribution >= 4 is 27.7 Å². The molecule has 178 valence electrons. The second-order valence-electron chi connectivity index (χ2n) is 9.35. The number of carbonyl (C=O) groups is 1. The summed E-state index contributed by atoms with van der Waals surface area (Å²) in [5.41, 5.74) is 3.95. The van der Waals surface area contributed by atoms with Gasteiger partial charge >= 0.3 is 0 Å². The Morgan fingerprint density at radius 1 is 1.03 bits per heavy atom. The van der Waals surface area contributed by atoms with Gasteiger partial charge in [-0.1, -0.05) is 38.1 Å². The van der Waals surface area contributed by atoms with Crippen molar-refractivity contribution in [1.29, 1.82) is 0 Å². The fourth-order valence-electron chi connectivity index (χ4n) is 5.04. The quantitative estimate of drug-likeness (QED) is 0.452. The molecule has 0 saturated heterocycles. The highest BCUT2D eigenvalue weighted by molar-refractivity contribution is 6.08. The Morgan fingerprint density at radius 2 is 1.85 bits per heavy atom. The zero-order valence-corrected chi connectivity index (χ0v) is 20.4. The van der Waals surface area contributed by atoms with Crippen molar-refractivity contribution in [2.24, 2.45) is 5.92 Å². The van der Waals surface area contributed by atoms with E-state index in [1.165, 1.54) is 27.4 Å². The van der Waals surface area contributed by atoms with Crippen LogP contribution < -0.4 is 5.32 Å². The molecule has 3 heterocycles. The van der Waals surface area contributed by atoms with E-state index in [1.807, 2.05) is 13.8 Å². The molecule has 1 N–H and O–H groups in total. The molecule has 2 aromatic carbocycles. The van der Waals surface area contributed by atoms with Crippen LogP contribution >= 0.6 is 0 Å². The van der Waals surface area contributed by atoms with Crippen molar-refractivity contribution in [3.8, 4) is 0 Å². The van der Waals surface area contributed by atoms with E-state index in [9.17, 15) is 4.79 Å². The maximum Gasteiger partial charge on any atom is 0.223 e. The average Bonchev–Trinajstić information content (AvgIpc) is 3.33. The number of nitrogens with zero attached hydrogens (tertiary/aromatic N) is 5. The van der Waals surface area contributed by atoms with Gasteiger partial charge in [-0.2, -0.15) is 0 Å². The molecule has 1 aliphatic rings. The molecular formula is C27H34N6O. The predicted octanol–water partition coefficient (Wildman–Crippen LogP) is 4.13. The van der Waals surface area contributed by atoms with Crippen LogP contribution in [0.25, 0.3) is 21.8 Å². The fourth-order valence-corrected chi connectivity index (χ4v) is 5.04. The second-order valence-corrected chi connectivity index (χ2v) is 9.35. The Bertz CT molecular complexity index is 1320. The lowest BCUT2D eigenvalue weighted by Gasteiger charge is -2.20. The van der Waals surface area contributed by atoms with E-state index < -0.39 is 0 Å². The van der Waals surface area contributed by atoms with Crippen LogP contribution in [-0.2, 0) is 37.4 Å². The third-order valence-electron chi connectivity index (χ3n) is 7.24. The Balaban J connectivity index is 1.29. The minimum Gasteiger partial charge on any atom is -0.349 e. The number of carbonyl (C=O) groups excluding carboxylic acids is 1. The Morgan fingerprint density at radius 3 is 2.68 bits per heavy atom. The standard InChI is InChI=1S/C27H34N6O/c1-4-19(3)27(34)28-17-26-30-29-25-12-13-31(14-15-33(25)26)18-20-10-11-24-22(16-20)21-8-6-7-9-23(21)32(24)5-2/h6-11,16,19H,4-5,12-15,17-18H2,1-3H3,(H,28,34)/t19-/m0/s1. The number of hydrogen-bond acceptors (Lipinski definition) is 4. The number of aryl methyl sites for hydroxylation is 1. The first-order chi connectivity index (χ1) is 16.6. The Labute approximate surface area is 200 Å². The minimum absolute atomic E-state index is 0.0192. The summed E-state index contributed by atoms with van der Waals surface area (Å²) in [6, 6.07) is 15.6. The predicted molar refractivity (Wildman–Crippen MR) is 135 cm³/mol. The highest BCUT2D eigenvalue weighted by Crippen LogP contribution is 2.30. The van der Waals surface area contributed by atoms with E-state index in [4.69, 9.17) is 0 Å². The molecule has 0 fully saturated rings. The summed E-state index contributed by atoms with van der Waals surface area (Å²) >= 11 is 0. The van der Waals surface area contributed by atoms with Gasteiger partial charge in [0.25, 0.3) is 0 Å². The van der Waals surface area contributed by atoms with E-state index in [0.717, 1.165) is 57.2 Å². The van der Waals surface area contributed by atoms with Crippen molar-refractivity contribution in [2.75, 3.05) is 13.1 Å². The van der Waals surface area contributed by atoms with Gasteiger partial charge in [0.05, 0.1) is 6.54 Å². The largest absolute Gasteiger partial charge is 0.349 e. The molecule has 1 amide bonds. The van der Waals surface area contributed by atoms with Gasteiger partial charge < -0.3 is 14.5 Å². The van der Waals surface area contributed by atoms with Crippen LogP contribution in [0.4, 0.5) is 0 Å². The second kappa shape index (κ2) is 9.58. The molecule has 5 rings (SSSR count). The van der Waals surface area contributed by atoms with Crippen molar-refractivity contribution in [1.82, 2.24) is 29.5 Å². The first-order valence-corrected chi connectivity index (χ1v) is 12.5. The number of amides is 1. The molecule has 0 spiro atoms. The fraction of sp³-hybridized carbons (Fsp3) is 0.444. The molecule has 0 bridgehead atoms. The molecule has 7 heteroatoms. The van der Waals surface area contributed by atoms with Gasteiger partial charge in [-0.05, 0) is 37.1 Å². The van der Waals surface area contributed by atoms with E-state index in [1.54, 1.807) is 0 Å². The number of aromatic nitrogens is 4. The summed E-state index contributed by atoms with van der Waals surface area (Å²) in [5.74, 6) is 1.96. The molecule has 0 radical (unpaired) electrons. The zero-order chi connectivity index (χ0) is 23.7. The molecule has 1 atom stereocenters. The first kappa shape index (κ1) is 22.6. The van der Waals surface area contributed by atoms with Gasteiger partial charge in [0.15, 0.2) is 5.82 Å². The van der Waals surface area contributed by atoms with Gasteiger partial charge in [0.2, 0.25) is 5.91 Å². The molecule has 7 nitrogen and oxygen atoms in total. The van der Waals surface area contributed by atoms with Crippen molar-refractivity contribution in [3.05, 3.63) is 59.7 Å². The molecule has 2 aromatic heterocycles. The smallest absolute Gasteiger partial charge is 0.223 e. The molecule has 0 aliphatic carbocycles. The van der Waals surface area contributed by atoms with Gasteiger partial charge in [0, 0.05) is 66.9 Å². The first-order valence-electron chi connectivity index (χ1n) is 12.5. The van der Waals surface area contributed by atoms with Crippen LogP contribution in [0, 0.1) is 5.92 Å². The average molecular weight is 459 g/mol. The number of para-hydroxylation sites is 1. The van der Waals surface area contributed by atoms with Gasteiger partial charge in [-0.15, -0.1) is 10.2 Å². The zero-order valence-electron chi connectivity index (χ0n) is 20.4. The summed E-state index contributed by atoms with van der Waals surface area (Å²) in [4.78, 5) is 14.7. The van der Waals surface area contributed by atoms with Crippen LogP contribution in [0.3, 0.4) is 0 Å². The summed E-state index contributed by atoms with van der Waals surface area (Å²) in [6.45, 7) is 11.2. The number of rotatable bonds is 7. The number of fused-ring (bicyclic) bond motifs is 4. The normalized spacial score (nSPS) is 15.4. The summed E-state index contributed by atoms with van der Waals surface area (Å²) in [5, 5.41) is 14.5. The molecular weight excluding hydrogens is 424 g/mol. The molecule has 0 unspecified atom stereocenters. The number of hydrogen-bond donors (Lipinski definition) is 1. The molecule has 1 aliphatic heterocycles. The summed E-state index contributed by atoms with van der Waals surface area (Å²) in [7, 11) is 0. The van der Waals surface area contributed by atoms with E-state index in [2.05, 4.69) is 78.9 Å². The van der Waals surface area contributed by atoms with Crippen molar-refractivity contribution in [2.45, 2.75) is 59.8 Å². The van der Waals surface area contributed by atoms with Crippen LogP contribution in [0.1, 0.15) is 44.4 Å². The van der Waals surface area contributed by atoms with E-state index in [-0.39, 0.29) is 11.8 Å². The van der Waals surface area contributed by atoms with Crippen LogP contribution in [0.5, 0.6) is 0 Å². The number of nitrogens with one attached hydrogen (secondary N) is 1. The number of benzene rings is 2. The maximum atomic E-state index is 12.2. The lowest BCUT2D eigenvalue weighted by Crippen LogP contribution is -2.30. The SMILES string of the molecule is CC[C@H](C)C(=O)NCc1nnc2n1CCN(Cc1ccc3c(c1)c1ccccc1n3CC)CC2. The topological polar surface area (TPSA) is 68.0 Å². The van der Waals surface area contributed by atoms with Crippen molar-refractivity contribution < 1.29 is 4.79 Å². The molecule has 4 aromatic rings. The monoisotopic (exact) mass is 458 g/mol. The minimum atomic E-state index is 0.0192. The van der Waals surface area contributed by atoms with Gasteiger partial charge in [0.1, 0.15) is 5.82 Å².